The fraction of sp³-hybridized carbons (Fsp3) is 0.658. The summed E-state index contributed by atoms with van der Waals surface area (Å²) in [6.45, 7) is 6.85. The van der Waals surface area contributed by atoms with Gasteiger partial charge in [0.1, 0.15) is 35.6 Å². The number of carbonyl (C=O) groups excluding carboxylic acids is 3. The summed E-state index contributed by atoms with van der Waals surface area (Å²) in [4.78, 5) is 39.2. The van der Waals surface area contributed by atoms with Crippen LogP contribution in [0.2, 0.25) is 0 Å². The van der Waals surface area contributed by atoms with E-state index in [1.807, 2.05) is 0 Å². The zero-order chi connectivity index (χ0) is 38.1. The Hall–Kier alpha value is -3.25. The van der Waals surface area contributed by atoms with Gasteiger partial charge in [-0.3, -0.25) is 14.4 Å². The molecule has 0 spiro atoms. The second kappa shape index (κ2) is 14.4. The number of benzene rings is 1. The van der Waals surface area contributed by atoms with E-state index in [2.05, 4.69) is 0 Å². The number of aliphatic hydroxyl groups excluding tert-OH is 4. The Morgan fingerprint density at radius 2 is 1.49 bits per heavy atom. The van der Waals surface area contributed by atoms with Crippen LogP contribution >= 0.6 is 0 Å². The van der Waals surface area contributed by atoms with E-state index in [0.29, 0.717) is 19.3 Å². The first kappa shape index (κ1) is 38.0. The Morgan fingerprint density at radius 3 is 2.17 bits per heavy atom. The minimum Gasteiger partial charge on any atom is -0.511 e. The molecule has 53 heavy (non-hydrogen) atoms. The molecule has 0 bridgehead atoms. The zero-order valence-electron chi connectivity index (χ0n) is 30.0. The molecule has 290 valence electrons. The van der Waals surface area contributed by atoms with Crippen LogP contribution in [0.3, 0.4) is 0 Å². The van der Waals surface area contributed by atoms with E-state index in [4.69, 9.17) is 28.4 Å². The minimum atomic E-state index is -1.83. The number of aliphatic hydroxyl groups is 5. The van der Waals surface area contributed by atoms with Gasteiger partial charge in [-0.05, 0) is 39.7 Å². The highest BCUT2D eigenvalue weighted by Gasteiger charge is 2.58. The summed E-state index contributed by atoms with van der Waals surface area (Å²) < 4.78 is 36.5. The molecule has 1 aromatic carbocycles. The molecule has 15 nitrogen and oxygen atoms in total. The molecule has 7 rings (SSSR count). The van der Waals surface area contributed by atoms with E-state index in [0.717, 1.165) is 0 Å². The number of allylic oxidation sites excluding steroid dienone is 2. The van der Waals surface area contributed by atoms with Crippen molar-refractivity contribution in [3.63, 3.8) is 0 Å². The Morgan fingerprint density at radius 1 is 0.811 bits per heavy atom. The summed E-state index contributed by atoms with van der Waals surface area (Å²) in [6, 6.07) is 3.99. The van der Waals surface area contributed by atoms with E-state index in [1.165, 1.54) is 18.2 Å². The standard InChI is InChI=1S/C38H48O15/c1-5-38(47)14-23(28-31(37(38)46)35(45)29-30(34(28)44)33(43)27-18(32(29)42)7-6-8-20(27)40)52-24-12-10-22(16(3)49-24)51-26-13-21(41)36(17(4)50-26)53-25-11-9-19(39)15(2)48-25/h6-8,15-17,21-26,29-30,36-37,40-41,44-47H,5,9-14H2,1-4H3. The van der Waals surface area contributed by atoms with Gasteiger partial charge in [-0.25, -0.2) is 0 Å². The topological polar surface area (TPSA) is 228 Å². The predicted octanol–water partition coefficient (Wildman–Crippen LogP) is 2.82. The maximum atomic E-state index is 13.7. The number of ketones is 3. The number of aromatic hydroxyl groups is 1. The molecule has 6 aliphatic rings. The fourth-order valence-electron chi connectivity index (χ4n) is 8.69. The highest BCUT2D eigenvalue weighted by molar-refractivity contribution is 6.19. The van der Waals surface area contributed by atoms with Crippen LogP contribution in [-0.4, -0.2) is 121 Å². The predicted molar refractivity (Wildman–Crippen MR) is 181 cm³/mol. The molecule has 0 aromatic heterocycles. The SMILES string of the molecule is CCC1(O)CC(OC2CCC(OC3CC(O)C(OC4CCC(=O)C(C)O4)C(C)O3)C(C)O2)C2=C(O)C3C(=O)c4c(O)cccc4C(=O)C3C(O)=C2C1O. The number of hydrogen-bond donors (Lipinski definition) is 6. The fourth-order valence-corrected chi connectivity index (χ4v) is 8.69. The molecule has 14 atom stereocenters. The summed E-state index contributed by atoms with van der Waals surface area (Å²) in [5, 5.41) is 67.7. The van der Waals surface area contributed by atoms with Crippen molar-refractivity contribution in [3.05, 3.63) is 52.0 Å². The van der Waals surface area contributed by atoms with Gasteiger partial charge in [-0.15, -0.1) is 0 Å². The molecule has 15 heteroatoms. The van der Waals surface area contributed by atoms with Crippen molar-refractivity contribution in [2.75, 3.05) is 0 Å². The molecule has 0 amide bonds. The first-order valence-corrected chi connectivity index (χ1v) is 18.4. The van der Waals surface area contributed by atoms with Crippen LogP contribution in [0.15, 0.2) is 40.9 Å². The van der Waals surface area contributed by atoms with Gasteiger partial charge in [-0.2, -0.15) is 0 Å². The molecule has 3 saturated heterocycles. The smallest absolute Gasteiger partial charge is 0.179 e. The van der Waals surface area contributed by atoms with Gasteiger partial charge >= 0.3 is 0 Å². The monoisotopic (exact) mass is 744 g/mol. The van der Waals surface area contributed by atoms with Crippen LogP contribution in [-0.2, 0) is 33.2 Å². The van der Waals surface area contributed by atoms with Crippen molar-refractivity contribution in [2.24, 2.45) is 11.8 Å². The van der Waals surface area contributed by atoms with Gasteiger partial charge in [0.05, 0.1) is 53.5 Å². The largest absolute Gasteiger partial charge is 0.511 e. The summed E-state index contributed by atoms with van der Waals surface area (Å²) in [6.07, 6.45) is -7.57. The third-order valence-corrected chi connectivity index (χ3v) is 11.7. The summed E-state index contributed by atoms with van der Waals surface area (Å²) in [5.74, 6) is -6.34. The van der Waals surface area contributed by atoms with Gasteiger partial charge in [-0.1, -0.05) is 19.1 Å². The van der Waals surface area contributed by atoms with Gasteiger partial charge in [0.2, 0.25) is 0 Å². The van der Waals surface area contributed by atoms with Crippen LogP contribution in [0, 0.1) is 11.8 Å². The molecule has 0 radical (unpaired) electrons. The van der Waals surface area contributed by atoms with Crippen molar-refractivity contribution >= 4 is 17.3 Å². The molecule has 3 aliphatic heterocycles. The molecular formula is C38H48O15. The van der Waals surface area contributed by atoms with Gasteiger partial charge < -0.3 is 59.1 Å². The lowest BCUT2D eigenvalue weighted by atomic mass is 9.62. The highest BCUT2D eigenvalue weighted by Crippen LogP contribution is 2.52. The second-order valence-corrected chi connectivity index (χ2v) is 15.1. The Balaban J connectivity index is 1.04. The van der Waals surface area contributed by atoms with E-state index < -0.39 is 114 Å². The third-order valence-electron chi connectivity index (χ3n) is 11.7. The quantitative estimate of drug-likeness (QED) is 0.236. The van der Waals surface area contributed by atoms with Crippen LogP contribution in [0.25, 0.3) is 0 Å². The summed E-state index contributed by atoms with van der Waals surface area (Å²) in [5.41, 5.74) is -2.61. The van der Waals surface area contributed by atoms with E-state index in [1.54, 1.807) is 27.7 Å². The van der Waals surface area contributed by atoms with Gasteiger partial charge in [0, 0.05) is 48.8 Å². The number of Topliss-reactive ketones (excluding diaryl/α,β-unsaturated/α-hetero) is 3. The first-order valence-electron chi connectivity index (χ1n) is 18.4. The molecule has 6 N–H and O–H groups in total. The number of fused-ring (bicyclic) bond motifs is 3. The Kier molecular flexibility index (Phi) is 10.4. The number of phenolic OH excluding ortho intramolecular Hbond substituents is 1. The number of ether oxygens (including phenoxy) is 6. The lowest BCUT2D eigenvalue weighted by Crippen LogP contribution is -2.56. The number of hydrogen-bond acceptors (Lipinski definition) is 15. The van der Waals surface area contributed by atoms with E-state index >= 15 is 0 Å². The number of carbonyl (C=O) groups is 3. The number of rotatable bonds is 7. The summed E-state index contributed by atoms with van der Waals surface area (Å²) in [7, 11) is 0. The normalized spacial score (nSPS) is 41.9. The average molecular weight is 745 g/mol. The average Bonchev–Trinajstić information content (AvgIpc) is 3.11. The maximum absolute atomic E-state index is 13.7. The zero-order valence-corrected chi connectivity index (χ0v) is 30.0. The molecule has 3 aliphatic carbocycles. The lowest BCUT2D eigenvalue weighted by Gasteiger charge is -2.48. The van der Waals surface area contributed by atoms with Crippen LogP contribution in [0.1, 0.15) is 93.4 Å². The van der Waals surface area contributed by atoms with E-state index in [9.17, 15) is 45.0 Å². The van der Waals surface area contributed by atoms with Crippen molar-refractivity contribution in [1.82, 2.24) is 0 Å². The van der Waals surface area contributed by atoms with Crippen molar-refractivity contribution in [3.8, 4) is 5.75 Å². The van der Waals surface area contributed by atoms with Crippen LogP contribution in [0.4, 0.5) is 0 Å². The van der Waals surface area contributed by atoms with E-state index in [-0.39, 0.29) is 53.7 Å². The first-order chi connectivity index (χ1) is 25.1. The maximum Gasteiger partial charge on any atom is 0.179 e. The van der Waals surface area contributed by atoms with Gasteiger partial charge in [0.15, 0.2) is 36.2 Å². The Bertz CT molecular complexity index is 1690. The Labute approximate surface area is 306 Å². The molecule has 4 fully saturated rings. The molecule has 14 unspecified atom stereocenters. The minimum absolute atomic E-state index is 0.00790. The van der Waals surface area contributed by atoms with Gasteiger partial charge in [0.25, 0.3) is 0 Å². The molecule has 3 heterocycles. The van der Waals surface area contributed by atoms with Crippen molar-refractivity contribution < 1.29 is 73.4 Å². The highest BCUT2D eigenvalue weighted by atomic mass is 16.7. The summed E-state index contributed by atoms with van der Waals surface area (Å²) >= 11 is 0. The second-order valence-electron chi connectivity index (χ2n) is 15.1. The molecular weight excluding hydrogens is 696 g/mol. The van der Waals surface area contributed by atoms with Crippen molar-refractivity contribution in [1.29, 1.82) is 0 Å². The van der Waals surface area contributed by atoms with Crippen LogP contribution < -0.4 is 0 Å². The molecule has 1 aromatic rings. The van der Waals surface area contributed by atoms with Crippen LogP contribution in [0.5, 0.6) is 5.75 Å². The number of phenols is 1. The third kappa shape index (κ3) is 6.63. The lowest BCUT2D eigenvalue weighted by molar-refractivity contribution is -0.316. The molecule has 1 saturated carbocycles. The van der Waals surface area contributed by atoms with Crippen molar-refractivity contribution in [2.45, 2.75) is 146 Å².